The van der Waals surface area contributed by atoms with Crippen molar-refractivity contribution in [2.24, 2.45) is 52.3 Å². The van der Waals surface area contributed by atoms with Crippen LogP contribution in [-0.2, 0) is 4.79 Å². The van der Waals surface area contributed by atoms with E-state index in [4.69, 9.17) is 0 Å². The lowest BCUT2D eigenvalue weighted by Gasteiger charge is -2.59. The summed E-state index contributed by atoms with van der Waals surface area (Å²) in [6.07, 6.45) is 13.4. The predicted octanol–water partition coefficient (Wildman–Crippen LogP) is 7.20. The summed E-state index contributed by atoms with van der Waals surface area (Å²) in [6.45, 7) is 14.7. The van der Waals surface area contributed by atoms with Gasteiger partial charge in [0.2, 0.25) is 0 Å². The maximum absolute atomic E-state index is 12.1. The molecule has 0 spiro atoms. The fourth-order valence-electron chi connectivity index (χ4n) is 9.27. The molecular weight excluding hydrogens is 380 g/mol. The average Bonchev–Trinajstić information content (AvgIpc) is 3.07. The number of hydrogen-bond acceptors (Lipinski definition) is 2. The van der Waals surface area contributed by atoms with Crippen molar-refractivity contribution in [3.63, 3.8) is 0 Å². The van der Waals surface area contributed by atoms with E-state index in [0.29, 0.717) is 23.7 Å². The molecule has 4 aliphatic rings. The molecule has 3 fully saturated rings. The van der Waals surface area contributed by atoms with Crippen molar-refractivity contribution in [2.45, 2.75) is 112 Å². The molecule has 0 aromatic carbocycles. The van der Waals surface area contributed by atoms with E-state index < -0.39 is 6.10 Å². The Morgan fingerprint density at radius 1 is 1.06 bits per heavy atom. The first kappa shape index (κ1) is 23.5. The third-order valence-electron chi connectivity index (χ3n) is 11.2. The summed E-state index contributed by atoms with van der Waals surface area (Å²) < 4.78 is 0. The van der Waals surface area contributed by atoms with Gasteiger partial charge in [-0.25, -0.2) is 0 Å². The molecule has 9 atom stereocenters. The van der Waals surface area contributed by atoms with E-state index in [9.17, 15) is 9.90 Å². The summed E-state index contributed by atoms with van der Waals surface area (Å²) in [7, 11) is 0. The second kappa shape index (κ2) is 8.62. The highest BCUT2D eigenvalue weighted by Gasteiger charge is 2.60. The van der Waals surface area contributed by atoms with Gasteiger partial charge in [-0.15, -0.1) is 0 Å². The van der Waals surface area contributed by atoms with Gasteiger partial charge in [0, 0.05) is 6.42 Å². The van der Waals surface area contributed by atoms with Crippen molar-refractivity contribution >= 4 is 5.78 Å². The lowest BCUT2D eigenvalue weighted by Crippen LogP contribution is -2.54. The van der Waals surface area contributed by atoms with Crippen LogP contribution in [0.5, 0.6) is 0 Å². The van der Waals surface area contributed by atoms with Crippen molar-refractivity contribution in [3.8, 4) is 0 Å². The number of ketones is 1. The van der Waals surface area contributed by atoms with Crippen LogP contribution in [0.2, 0.25) is 0 Å². The largest absolute Gasteiger partial charge is 0.389 e. The first-order chi connectivity index (χ1) is 14.6. The molecule has 0 radical (unpaired) electrons. The van der Waals surface area contributed by atoms with Crippen molar-refractivity contribution in [1.29, 1.82) is 0 Å². The summed E-state index contributed by atoms with van der Waals surface area (Å²) in [5, 5.41) is 11.1. The normalized spacial score (nSPS) is 44.3. The van der Waals surface area contributed by atoms with Crippen LogP contribution >= 0.6 is 0 Å². The zero-order valence-corrected chi connectivity index (χ0v) is 21.1. The Morgan fingerprint density at radius 2 is 1.81 bits per heavy atom. The van der Waals surface area contributed by atoms with E-state index in [-0.39, 0.29) is 11.2 Å². The zero-order chi connectivity index (χ0) is 22.6. The van der Waals surface area contributed by atoms with Crippen LogP contribution in [0.15, 0.2) is 11.6 Å². The molecule has 0 saturated heterocycles. The lowest BCUT2D eigenvalue weighted by molar-refractivity contribution is -0.119. The third kappa shape index (κ3) is 3.87. The molecule has 0 aliphatic heterocycles. The van der Waals surface area contributed by atoms with E-state index >= 15 is 0 Å². The van der Waals surface area contributed by atoms with Crippen LogP contribution in [0, 0.1) is 52.3 Å². The van der Waals surface area contributed by atoms with Gasteiger partial charge in [0.25, 0.3) is 0 Å². The molecule has 0 heterocycles. The standard InChI is InChI=1S/C29H48O2/c1-7-20(18(2)3)9-8-19(4)23-10-11-24-22-17-27(31)26-16-21(30)12-14-29(26,6)25(22)13-15-28(23,24)5/h16,18-20,22-25,27,31H,7-15,17H2,1-6H3/t19-,20-,22+,23-,24+,25+,27?,28-,29-/m1/s1. The molecule has 2 nitrogen and oxygen atoms in total. The van der Waals surface area contributed by atoms with Gasteiger partial charge < -0.3 is 5.11 Å². The highest BCUT2D eigenvalue weighted by Crippen LogP contribution is 2.67. The second-order valence-electron chi connectivity index (χ2n) is 12.8. The quantitative estimate of drug-likeness (QED) is 0.485. The molecule has 31 heavy (non-hydrogen) atoms. The molecule has 0 amide bonds. The number of carbonyl (C=O) groups is 1. The summed E-state index contributed by atoms with van der Waals surface area (Å²) in [5.74, 6) is 5.62. The van der Waals surface area contributed by atoms with Crippen LogP contribution in [0.1, 0.15) is 106 Å². The molecule has 3 saturated carbocycles. The van der Waals surface area contributed by atoms with Gasteiger partial charge >= 0.3 is 0 Å². The minimum atomic E-state index is -0.398. The number of fused-ring (bicyclic) bond motifs is 5. The van der Waals surface area contributed by atoms with Crippen LogP contribution in [0.4, 0.5) is 0 Å². The fraction of sp³-hybridized carbons (Fsp3) is 0.897. The number of hydrogen-bond donors (Lipinski definition) is 1. The average molecular weight is 429 g/mol. The van der Waals surface area contributed by atoms with E-state index in [0.717, 1.165) is 48.0 Å². The lowest BCUT2D eigenvalue weighted by atomic mass is 9.46. The van der Waals surface area contributed by atoms with Crippen molar-refractivity contribution in [2.75, 3.05) is 0 Å². The third-order valence-corrected chi connectivity index (χ3v) is 11.2. The molecule has 1 N–H and O–H groups in total. The predicted molar refractivity (Wildman–Crippen MR) is 129 cm³/mol. The van der Waals surface area contributed by atoms with Gasteiger partial charge in [-0.3, -0.25) is 4.79 Å². The van der Waals surface area contributed by atoms with Crippen LogP contribution in [0.3, 0.4) is 0 Å². The van der Waals surface area contributed by atoms with Crippen molar-refractivity contribution in [3.05, 3.63) is 11.6 Å². The molecule has 176 valence electrons. The fourth-order valence-corrected chi connectivity index (χ4v) is 9.27. The molecule has 4 aliphatic carbocycles. The maximum Gasteiger partial charge on any atom is 0.155 e. The summed E-state index contributed by atoms with van der Waals surface area (Å²) in [5.41, 5.74) is 1.57. The first-order valence-electron chi connectivity index (χ1n) is 13.5. The van der Waals surface area contributed by atoms with Gasteiger partial charge in [-0.1, -0.05) is 54.4 Å². The molecular formula is C29H48O2. The number of aliphatic hydroxyl groups is 1. The minimum absolute atomic E-state index is 0.0485. The summed E-state index contributed by atoms with van der Waals surface area (Å²) >= 11 is 0. The first-order valence-corrected chi connectivity index (χ1v) is 13.5. The Hall–Kier alpha value is -0.630. The number of carbonyl (C=O) groups excluding carboxylic acids is 1. The molecule has 1 unspecified atom stereocenters. The smallest absolute Gasteiger partial charge is 0.155 e. The van der Waals surface area contributed by atoms with Gasteiger partial charge in [0.1, 0.15) is 0 Å². The SMILES string of the molecule is CC[C@H](CC[C@@H](C)[C@H]1CC[C@H]2[C@@H]3CC(O)C4=CC(=O)CC[C@]4(C)[C@H]3CC[C@]12C)C(C)C. The van der Waals surface area contributed by atoms with Crippen LogP contribution in [0.25, 0.3) is 0 Å². The van der Waals surface area contributed by atoms with E-state index in [1.165, 1.54) is 44.9 Å². The van der Waals surface area contributed by atoms with Gasteiger partial charge in [0.15, 0.2) is 5.78 Å². The van der Waals surface area contributed by atoms with Gasteiger partial charge in [-0.2, -0.15) is 0 Å². The Kier molecular flexibility index (Phi) is 6.54. The molecule has 0 bridgehead atoms. The van der Waals surface area contributed by atoms with Crippen molar-refractivity contribution < 1.29 is 9.90 Å². The Morgan fingerprint density at radius 3 is 2.48 bits per heavy atom. The van der Waals surface area contributed by atoms with E-state index in [1.807, 2.05) is 6.08 Å². The Labute approximate surface area is 191 Å². The van der Waals surface area contributed by atoms with Crippen LogP contribution in [-0.4, -0.2) is 17.0 Å². The van der Waals surface area contributed by atoms with Crippen LogP contribution < -0.4 is 0 Å². The highest BCUT2D eigenvalue weighted by molar-refractivity contribution is 5.91. The monoisotopic (exact) mass is 428 g/mol. The second-order valence-corrected chi connectivity index (χ2v) is 12.8. The zero-order valence-electron chi connectivity index (χ0n) is 21.1. The van der Waals surface area contributed by atoms with Crippen molar-refractivity contribution in [1.82, 2.24) is 0 Å². The highest BCUT2D eigenvalue weighted by atomic mass is 16.3. The Balaban J connectivity index is 1.51. The maximum atomic E-state index is 12.1. The Bertz CT molecular complexity index is 708. The molecule has 0 aromatic heterocycles. The number of aliphatic hydroxyl groups excluding tert-OH is 1. The molecule has 4 rings (SSSR count). The van der Waals surface area contributed by atoms with Gasteiger partial charge in [0.05, 0.1) is 6.10 Å². The molecule has 0 aromatic rings. The summed E-state index contributed by atoms with van der Waals surface area (Å²) in [6, 6.07) is 0. The van der Waals surface area contributed by atoms with Gasteiger partial charge in [-0.05, 0) is 109 Å². The minimum Gasteiger partial charge on any atom is -0.389 e. The van der Waals surface area contributed by atoms with E-state index in [2.05, 4.69) is 41.5 Å². The summed E-state index contributed by atoms with van der Waals surface area (Å²) in [4.78, 5) is 12.1. The molecule has 2 heteroatoms. The number of rotatable bonds is 6. The topological polar surface area (TPSA) is 37.3 Å². The van der Waals surface area contributed by atoms with E-state index in [1.54, 1.807) is 0 Å².